The minimum absolute atomic E-state index is 0.189. The van der Waals surface area contributed by atoms with Crippen LogP contribution in [0.25, 0.3) is 12.2 Å². The van der Waals surface area contributed by atoms with E-state index in [1.165, 1.54) is 14.2 Å². The van der Waals surface area contributed by atoms with Crippen molar-refractivity contribution in [1.82, 2.24) is 9.97 Å². The van der Waals surface area contributed by atoms with Gasteiger partial charge in [-0.1, -0.05) is 24.3 Å². The number of carbonyl (C=O) groups excluding carboxylic acids is 3. The second-order valence-corrected chi connectivity index (χ2v) is 12.8. The molecule has 6 rings (SSSR count). The molecule has 49 heavy (non-hydrogen) atoms. The molecule has 2 aliphatic carbocycles. The summed E-state index contributed by atoms with van der Waals surface area (Å²) in [6, 6.07) is 10.3. The molecule has 1 atom stereocenters. The number of hydrogen-bond acceptors (Lipinski definition) is 12. The van der Waals surface area contributed by atoms with Crippen molar-refractivity contribution in [3.63, 3.8) is 0 Å². The molecule has 0 amide bonds. The average molecular weight is 679 g/mol. The van der Waals surface area contributed by atoms with Gasteiger partial charge in [-0.3, -0.25) is 4.79 Å². The Kier molecular flexibility index (Phi) is 12.5. The van der Waals surface area contributed by atoms with Gasteiger partial charge < -0.3 is 33.5 Å². The van der Waals surface area contributed by atoms with Crippen LogP contribution in [0.4, 0.5) is 0 Å². The number of aliphatic hydroxyl groups is 1. The Morgan fingerprint density at radius 1 is 0.796 bits per heavy atom. The Morgan fingerprint density at radius 2 is 1.37 bits per heavy atom. The third-order valence-corrected chi connectivity index (χ3v) is 9.30. The molecule has 1 N–H and O–H groups in total. The van der Waals surface area contributed by atoms with Crippen LogP contribution in [0.1, 0.15) is 103 Å². The van der Waals surface area contributed by atoms with E-state index in [9.17, 15) is 19.5 Å². The summed E-state index contributed by atoms with van der Waals surface area (Å²) in [6.07, 6.45) is 15.0. The first-order valence-corrected chi connectivity index (χ1v) is 17.0. The van der Waals surface area contributed by atoms with Crippen molar-refractivity contribution in [2.24, 2.45) is 0 Å². The van der Waals surface area contributed by atoms with Crippen LogP contribution in [0, 0.1) is 0 Å². The zero-order chi connectivity index (χ0) is 34.7. The number of ether oxygens (including phenoxy) is 6. The number of esters is 2. The van der Waals surface area contributed by atoms with Crippen LogP contribution in [0.5, 0.6) is 0 Å². The van der Waals surface area contributed by atoms with E-state index in [2.05, 4.69) is 20.8 Å². The van der Waals surface area contributed by atoms with Gasteiger partial charge in [-0.2, -0.15) is 0 Å². The molecular formula is C37H46N2O10. The lowest BCUT2D eigenvalue weighted by Gasteiger charge is -2.44. The van der Waals surface area contributed by atoms with E-state index in [0.717, 1.165) is 51.6 Å². The molecule has 264 valence electrons. The molecule has 2 aromatic rings. The van der Waals surface area contributed by atoms with E-state index in [1.807, 2.05) is 12.1 Å². The van der Waals surface area contributed by atoms with Crippen LogP contribution >= 0.6 is 0 Å². The number of ketones is 1. The molecule has 0 bridgehead atoms. The summed E-state index contributed by atoms with van der Waals surface area (Å²) in [7, 11) is 2.65. The number of carbonyl (C=O) groups is 3. The van der Waals surface area contributed by atoms with Crippen LogP contribution in [0.3, 0.4) is 0 Å². The maximum atomic E-state index is 11.8. The zero-order valence-electron chi connectivity index (χ0n) is 28.3. The normalized spacial score (nSPS) is 22.8. The third kappa shape index (κ3) is 10.1. The van der Waals surface area contributed by atoms with E-state index < -0.39 is 28.9 Å². The molecule has 1 spiro atoms. The lowest BCUT2D eigenvalue weighted by Crippen LogP contribution is -2.46. The summed E-state index contributed by atoms with van der Waals surface area (Å²) in [5.41, 5.74) is 0.339. The van der Waals surface area contributed by atoms with Gasteiger partial charge in [0.25, 0.3) is 0 Å². The lowest BCUT2D eigenvalue weighted by atomic mass is 9.80. The van der Waals surface area contributed by atoms with Crippen LogP contribution in [0.15, 0.2) is 48.6 Å². The van der Waals surface area contributed by atoms with Gasteiger partial charge in [0, 0.05) is 32.3 Å². The van der Waals surface area contributed by atoms with Crippen molar-refractivity contribution in [3.05, 3.63) is 71.3 Å². The number of methoxy groups -OCH3 is 2. The largest absolute Gasteiger partial charge is 0.464 e. The van der Waals surface area contributed by atoms with Gasteiger partial charge in [-0.05, 0) is 81.4 Å². The zero-order valence-corrected chi connectivity index (χ0v) is 28.3. The van der Waals surface area contributed by atoms with Crippen LogP contribution < -0.4 is 0 Å². The highest BCUT2D eigenvalue weighted by Crippen LogP contribution is 2.44. The molecule has 2 saturated carbocycles. The van der Waals surface area contributed by atoms with Gasteiger partial charge in [-0.25, -0.2) is 19.6 Å². The van der Waals surface area contributed by atoms with Gasteiger partial charge in [0.1, 0.15) is 17.2 Å². The molecule has 4 aliphatic rings. The van der Waals surface area contributed by atoms with Crippen molar-refractivity contribution < 1.29 is 47.9 Å². The molecule has 12 heteroatoms. The Balaban J connectivity index is 0.000000205. The maximum Gasteiger partial charge on any atom is 0.356 e. The van der Waals surface area contributed by atoms with Crippen LogP contribution in [-0.4, -0.2) is 90.1 Å². The summed E-state index contributed by atoms with van der Waals surface area (Å²) >= 11 is 0. The minimum Gasteiger partial charge on any atom is -0.464 e. The average Bonchev–Trinajstić information content (AvgIpc) is 3.61. The number of pyridine rings is 2. The van der Waals surface area contributed by atoms with E-state index in [-0.39, 0.29) is 23.5 Å². The summed E-state index contributed by atoms with van der Waals surface area (Å²) in [5, 5.41) is 10.3. The predicted molar refractivity (Wildman–Crippen MR) is 178 cm³/mol. The second kappa shape index (κ2) is 16.7. The Hall–Kier alpha value is -3.81. The van der Waals surface area contributed by atoms with Crippen molar-refractivity contribution >= 4 is 29.9 Å². The topological polar surface area (TPSA) is 153 Å². The van der Waals surface area contributed by atoms with Crippen LogP contribution in [-0.2, 0) is 33.2 Å². The fourth-order valence-corrected chi connectivity index (χ4v) is 6.36. The highest BCUT2D eigenvalue weighted by atomic mass is 16.7. The number of hydrogen-bond donors (Lipinski definition) is 1. The number of rotatable bonds is 8. The third-order valence-electron chi connectivity index (χ3n) is 9.30. The molecule has 2 aromatic heterocycles. The van der Waals surface area contributed by atoms with Crippen molar-refractivity contribution in [1.29, 1.82) is 0 Å². The molecule has 2 saturated heterocycles. The number of nitrogens with zero attached hydrogens (tertiary/aromatic N) is 2. The highest BCUT2D eigenvalue weighted by Gasteiger charge is 2.47. The fraction of sp³-hybridized carbons (Fsp3) is 0.541. The molecule has 1 unspecified atom stereocenters. The summed E-state index contributed by atoms with van der Waals surface area (Å²) < 4.78 is 33.5. The fourth-order valence-electron chi connectivity index (χ4n) is 6.36. The first-order chi connectivity index (χ1) is 23.6. The van der Waals surface area contributed by atoms with Crippen molar-refractivity contribution in [2.45, 2.75) is 93.9 Å². The summed E-state index contributed by atoms with van der Waals surface area (Å²) in [6.45, 7) is 2.04. The lowest BCUT2D eigenvalue weighted by molar-refractivity contribution is -0.249. The Morgan fingerprint density at radius 3 is 1.90 bits per heavy atom. The Bertz CT molecular complexity index is 1490. The first-order valence-electron chi connectivity index (χ1n) is 17.0. The molecule has 0 aromatic carbocycles. The van der Waals surface area contributed by atoms with Crippen molar-refractivity contribution in [2.75, 3.05) is 34.0 Å². The molecule has 4 fully saturated rings. The van der Waals surface area contributed by atoms with Crippen LogP contribution in [0.2, 0.25) is 0 Å². The summed E-state index contributed by atoms with van der Waals surface area (Å²) in [5.74, 6) is -1.22. The van der Waals surface area contributed by atoms with Gasteiger partial charge in [0.2, 0.25) is 0 Å². The number of aromatic nitrogens is 2. The van der Waals surface area contributed by atoms with Crippen molar-refractivity contribution in [3.8, 4) is 0 Å². The predicted octanol–water partition coefficient (Wildman–Crippen LogP) is 5.24. The smallest absolute Gasteiger partial charge is 0.356 e. The van der Waals surface area contributed by atoms with E-state index in [4.69, 9.17) is 23.7 Å². The molecule has 0 radical (unpaired) electrons. The highest BCUT2D eigenvalue weighted by molar-refractivity contribution is 5.87. The molecule has 12 nitrogen and oxygen atoms in total. The van der Waals surface area contributed by atoms with E-state index in [1.54, 1.807) is 42.5 Å². The molecular weight excluding hydrogens is 632 g/mol. The molecule has 4 heterocycles. The molecule has 2 aliphatic heterocycles. The minimum atomic E-state index is -0.961. The second-order valence-electron chi connectivity index (χ2n) is 12.8. The Labute approximate surface area is 286 Å². The first kappa shape index (κ1) is 36.5. The SMILES string of the molecule is COC(=O)c1cccc(/C=C/C2(O)CCC(=O)CC2)n1.COC(=O)c1cccc(/C=C/C2(OC3CCCCO3)CCC3(CC2)OCCO3)n1. The number of Topliss-reactive ketones (excluding diaryl/α,β-unsaturated/α-hetero) is 1. The van der Waals surface area contributed by atoms with Gasteiger partial charge >= 0.3 is 11.9 Å². The maximum absolute atomic E-state index is 11.8. The van der Waals surface area contributed by atoms with Gasteiger partial charge in [0.05, 0.1) is 50.0 Å². The standard InChI is InChI=1S/C22H29NO6.C15H17NO4/c1-25-20(24)18-6-4-5-17(23-18)8-9-21(29-19-7-2-3-14-26-19)10-12-22(13-11-21)27-15-16-28-22;1-20-14(18)13-4-2-3-11(16-13)5-8-15(19)9-6-12(17)7-10-15/h4-6,8-9,19H,2-3,7,10-16H2,1H3;2-5,8,19H,6-7,9-10H2,1H3/b9-8+;8-5+. The van der Waals surface area contributed by atoms with Gasteiger partial charge in [-0.15, -0.1) is 0 Å². The summed E-state index contributed by atoms with van der Waals surface area (Å²) in [4.78, 5) is 42.8. The van der Waals surface area contributed by atoms with E-state index in [0.29, 0.717) is 50.3 Å². The van der Waals surface area contributed by atoms with E-state index >= 15 is 0 Å². The van der Waals surface area contributed by atoms with Gasteiger partial charge in [0.15, 0.2) is 12.1 Å². The quantitative estimate of drug-likeness (QED) is 0.364. The monoisotopic (exact) mass is 678 g/mol.